The van der Waals surface area contributed by atoms with E-state index in [1.54, 1.807) is 39.5 Å². The molecule has 42 heavy (non-hydrogen) atoms. The number of carbonyl (C=O) groups excluding carboxylic acids is 1. The lowest BCUT2D eigenvalue weighted by Crippen LogP contribution is -2.16. The highest BCUT2D eigenvalue weighted by Crippen LogP contribution is 2.43. The summed E-state index contributed by atoms with van der Waals surface area (Å²) in [5, 5.41) is 9.32. The highest BCUT2D eigenvalue weighted by Gasteiger charge is 2.18. The number of nitrogen functional groups attached to an aromatic ring is 1. The topological polar surface area (TPSA) is 130 Å². The van der Waals surface area contributed by atoms with Crippen LogP contribution in [0.15, 0.2) is 72.1 Å². The van der Waals surface area contributed by atoms with Crippen molar-refractivity contribution in [1.29, 1.82) is 0 Å². The van der Waals surface area contributed by atoms with Crippen LogP contribution in [0.4, 0.5) is 27.1 Å². The second kappa shape index (κ2) is 12.8. The Morgan fingerprint density at radius 2 is 1.64 bits per heavy atom. The summed E-state index contributed by atoms with van der Waals surface area (Å²) in [5.74, 6) is 1.90. The van der Waals surface area contributed by atoms with E-state index in [-0.39, 0.29) is 6.10 Å². The van der Waals surface area contributed by atoms with E-state index in [1.165, 1.54) is 22.7 Å². The molecule has 1 amide bonds. The van der Waals surface area contributed by atoms with Crippen LogP contribution in [0.3, 0.4) is 0 Å². The Morgan fingerprint density at radius 1 is 0.905 bits per heavy atom. The number of thiazole rings is 2. The van der Waals surface area contributed by atoms with E-state index in [2.05, 4.69) is 15.6 Å². The third-order valence-electron chi connectivity index (χ3n) is 6.23. The van der Waals surface area contributed by atoms with Gasteiger partial charge in [0.05, 0.1) is 27.0 Å². The van der Waals surface area contributed by atoms with E-state index in [0.717, 1.165) is 26.7 Å². The maximum absolute atomic E-state index is 12.5. The van der Waals surface area contributed by atoms with Gasteiger partial charge in [-0.05, 0) is 24.6 Å². The van der Waals surface area contributed by atoms with Crippen LogP contribution in [0.2, 0.25) is 0 Å². The molecule has 5 rings (SSSR count). The zero-order valence-electron chi connectivity index (χ0n) is 23.3. The molecule has 0 aliphatic rings. The average Bonchev–Trinajstić information content (AvgIpc) is 3.63. The number of amides is 1. The van der Waals surface area contributed by atoms with Gasteiger partial charge in [0, 0.05) is 34.5 Å². The molecular formula is C30H29N5O5S2. The van der Waals surface area contributed by atoms with Crippen LogP contribution in [0.25, 0.3) is 21.1 Å². The molecule has 0 aliphatic carbocycles. The van der Waals surface area contributed by atoms with Gasteiger partial charge in [0.2, 0.25) is 5.75 Å². The van der Waals surface area contributed by atoms with Crippen molar-refractivity contribution in [1.82, 2.24) is 9.97 Å². The fourth-order valence-corrected chi connectivity index (χ4v) is 6.02. The normalized spacial score (nSPS) is 11.4. The van der Waals surface area contributed by atoms with Crippen molar-refractivity contribution >= 4 is 51.1 Å². The number of rotatable bonds is 10. The molecule has 0 spiro atoms. The van der Waals surface area contributed by atoms with E-state index in [0.29, 0.717) is 39.6 Å². The van der Waals surface area contributed by atoms with Gasteiger partial charge in [-0.2, -0.15) is 0 Å². The van der Waals surface area contributed by atoms with E-state index < -0.39 is 6.09 Å². The lowest BCUT2D eigenvalue weighted by Gasteiger charge is -2.14. The second-order valence-corrected chi connectivity index (χ2v) is 10.8. The first-order chi connectivity index (χ1) is 20.4. The van der Waals surface area contributed by atoms with Gasteiger partial charge in [-0.3, -0.25) is 5.32 Å². The minimum absolute atomic E-state index is 0.363. The van der Waals surface area contributed by atoms with Gasteiger partial charge >= 0.3 is 6.09 Å². The van der Waals surface area contributed by atoms with Gasteiger partial charge in [0.25, 0.3) is 0 Å². The van der Waals surface area contributed by atoms with Gasteiger partial charge in [-0.25, -0.2) is 14.8 Å². The van der Waals surface area contributed by atoms with Crippen LogP contribution in [-0.4, -0.2) is 37.4 Å². The van der Waals surface area contributed by atoms with Crippen LogP contribution in [-0.2, 0) is 4.74 Å². The SMILES string of the molecule is COc1cc(Nc2nc(N)c(-c3nc(-c4cccc(NC(=O)O[C@H](C)c5ccccc5)c4)cs3)s2)cc(OC)c1OC. The Labute approximate surface area is 251 Å². The number of carbonyl (C=O) groups is 1. The van der Waals surface area contributed by atoms with Crippen LogP contribution in [0.1, 0.15) is 18.6 Å². The molecule has 0 bridgehead atoms. The van der Waals surface area contributed by atoms with Gasteiger partial charge in [0.1, 0.15) is 21.8 Å². The number of benzene rings is 3. The third kappa shape index (κ3) is 6.40. The van der Waals surface area contributed by atoms with Crippen molar-refractivity contribution in [3.8, 4) is 38.4 Å². The molecular weight excluding hydrogens is 574 g/mol. The zero-order chi connectivity index (χ0) is 29.6. The van der Waals surface area contributed by atoms with Crippen LogP contribution < -0.4 is 30.6 Å². The summed E-state index contributed by atoms with van der Waals surface area (Å²) in [6.45, 7) is 1.83. The van der Waals surface area contributed by atoms with E-state index in [4.69, 9.17) is 29.7 Å². The minimum atomic E-state index is -0.535. The number of aromatic nitrogens is 2. The molecule has 3 aromatic carbocycles. The quantitative estimate of drug-likeness (QED) is 0.148. The van der Waals surface area contributed by atoms with Gasteiger partial charge in [-0.15, -0.1) is 11.3 Å². The lowest BCUT2D eigenvalue weighted by molar-refractivity contribution is 0.121. The number of methoxy groups -OCH3 is 3. The molecule has 2 heterocycles. The Bertz CT molecular complexity index is 1660. The fraction of sp³-hybridized carbons (Fsp3) is 0.167. The Balaban J connectivity index is 1.29. The predicted molar refractivity (Wildman–Crippen MR) is 167 cm³/mol. The largest absolute Gasteiger partial charge is 0.493 e. The molecule has 0 fully saturated rings. The van der Waals surface area contributed by atoms with Gasteiger partial charge in [-0.1, -0.05) is 53.8 Å². The molecule has 1 atom stereocenters. The summed E-state index contributed by atoms with van der Waals surface area (Å²) in [6.07, 6.45) is -0.916. The maximum Gasteiger partial charge on any atom is 0.412 e. The summed E-state index contributed by atoms with van der Waals surface area (Å²) in [5.41, 5.74) is 10.1. The number of hydrogen-bond acceptors (Lipinski definition) is 11. The lowest BCUT2D eigenvalue weighted by atomic mass is 10.1. The summed E-state index contributed by atoms with van der Waals surface area (Å²) >= 11 is 2.84. The van der Waals surface area contributed by atoms with E-state index in [1.807, 2.05) is 60.8 Å². The molecule has 2 aromatic heterocycles. The number of nitrogens with two attached hydrogens (primary N) is 1. The van der Waals surface area contributed by atoms with Crippen molar-refractivity contribution in [2.75, 3.05) is 37.7 Å². The molecule has 0 radical (unpaired) electrons. The molecule has 0 saturated heterocycles. The number of hydrogen-bond donors (Lipinski definition) is 3. The van der Waals surface area contributed by atoms with Crippen molar-refractivity contribution in [2.45, 2.75) is 13.0 Å². The number of anilines is 4. The molecule has 12 heteroatoms. The molecule has 10 nitrogen and oxygen atoms in total. The highest BCUT2D eigenvalue weighted by atomic mass is 32.1. The van der Waals surface area contributed by atoms with Crippen molar-refractivity contribution < 1.29 is 23.7 Å². The number of nitrogens with one attached hydrogen (secondary N) is 2. The van der Waals surface area contributed by atoms with Crippen LogP contribution >= 0.6 is 22.7 Å². The highest BCUT2D eigenvalue weighted by molar-refractivity contribution is 7.23. The van der Waals surface area contributed by atoms with Gasteiger partial charge in [0.15, 0.2) is 16.6 Å². The van der Waals surface area contributed by atoms with Crippen LogP contribution in [0.5, 0.6) is 17.2 Å². The molecule has 0 aliphatic heterocycles. The number of nitrogens with zero attached hydrogens (tertiary/aromatic N) is 2. The monoisotopic (exact) mass is 603 g/mol. The summed E-state index contributed by atoms with van der Waals surface area (Å²) in [6, 6.07) is 20.6. The fourth-order valence-electron chi connectivity index (χ4n) is 4.18. The first-order valence-corrected chi connectivity index (χ1v) is 14.5. The second-order valence-electron chi connectivity index (χ2n) is 8.97. The Hall–Kier alpha value is -4.81. The first-order valence-electron chi connectivity index (χ1n) is 12.8. The smallest absolute Gasteiger partial charge is 0.412 e. The molecule has 216 valence electrons. The van der Waals surface area contributed by atoms with E-state index >= 15 is 0 Å². The summed E-state index contributed by atoms with van der Waals surface area (Å²) < 4.78 is 21.8. The van der Waals surface area contributed by atoms with Crippen molar-refractivity contribution in [2.24, 2.45) is 0 Å². The molecule has 5 aromatic rings. The van der Waals surface area contributed by atoms with E-state index in [9.17, 15) is 4.79 Å². The average molecular weight is 604 g/mol. The summed E-state index contributed by atoms with van der Waals surface area (Å²) in [4.78, 5) is 22.5. The Morgan fingerprint density at radius 3 is 2.33 bits per heavy atom. The maximum atomic E-state index is 12.5. The van der Waals surface area contributed by atoms with Crippen molar-refractivity contribution in [3.63, 3.8) is 0 Å². The Kier molecular flexibility index (Phi) is 8.74. The van der Waals surface area contributed by atoms with Crippen LogP contribution in [0, 0.1) is 0 Å². The number of ether oxygens (including phenoxy) is 4. The third-order valence-corrected chi connectivity index (χ3v) is 8.21. The van der Waals surface area contributed by atoms with Gasteiger partial charge < -0.3 is 30.0 Å². The minimum Gasteiger partial charge on any atom is -0.493 e. The first kappa shape index (κ1) is 28.7. The van der Waals surface area contributed by atoms with Crippen molar-refractivity contribution in [3.05, 3.63) is 77.7 Å². The predicted octanol–water partition coefficient (Wildman–Crippen LogP) is 7.59. The molecule has 4 N–H and O–H groups in total. The molecule has 0 unspecified atom stereocenters. The summed E-state index contributed by atoms with van der Waals surface area (Å²) in [7, 11) is 4.67. The zero-order valence-corrected chi connectivity index (χ0v) is 25.0. The molecule has 0 saturated carbocycles. The standard InChI is InChI=1S/C30H29N5O5S2/c1-17(18-9-6-5-7-10-18)40-30(36)33-20-12-8-11-19(13-20)22-16-41-28(34-22)26-27(31)35-29(42-26)32-21-14-23(37-2)25(39-4)24(15-21)38-3/h5-17H,31H2,1-4H3,(H,32,35)(H,33,36)/t17-/m1/s1.